The Morgan fingerprint density at radius 3 is 2.45 bits per heavy atom. The molecule has 22 heavy (non-hydrogen) atoms. The van der Waals surface area contributed by atoms with Crippen LogP contribution in [-0.4, -0.2) is 30.9 Å². The van der Waals surface area contributed by atoms with E-state index in [4.69, 9.17) is 14.0 Å². The maximum atomic E-state index is 11.4. The van der Waals surface area contributed by atoms with Gasteiger partial charge in [0.1, 0.15) is 0 Å². The quantitative estimate of drug-likeness (QED) is 0.574. The second-order valence-electron chi connectivity index (χ2n) is 7.35. The molecule has 1 saturated heterocycles. The molecule has 1 heterocycles. The molecule has 0 N–H and O–H groups in total. The second-order valence-corrected chi connectivity index (χ2v) is 7.35. The van der Waals surface area contributed by atoms with Crippen molar-refractivity contribution in [2.45, 2.75) is 77.9 Å². The number of carbonyl (C=O) groups is 1. The summed E-state index contributed by atoms with van der Waals surface area (Å²) in [6.07, 6.45) is 6.77. The summed E-state index contributed by atoms with van der Waals surface area (Å²) in [4.78, 5) is 11.4. The Kier molecular flexibility index (Phi) is 5.39. The maximum absolute atomic E-state index is 11.4. The van der Waals surface area contributed by atoms with Gasteiger partial charge >= 0.3 is 13.1 Å². The predicted molar refractivity (Wildman–Crippen MR) is 87.4 cm³/mol. The van der Waals surface area contributed by atoms with Crippen molar-refractivity contribution in [3.05, 3.63) is 11.5 Å². The Morgan fingerprint density at radius 1 is 1.32 bits per heavy atom. The topological polar surface area (TPSA) is 44.8 Å². The van der Waals surface area contributed by atoms with Crippen LogP contribution in [0, 0.1) is 5.92 Å². The van der Waals surface area contributed by atoms with E-state index in [1.807, 2.05) is 6.92 Å². The van der Waals surface area contributed by atoms with Crippen LogP contribution in [0.25, 0.3) is 0 Å². The van der Waals surface area contributed by atoms with E-state index in [-0.39, 0.29) is 24.3 Å². The van der Waals surface area contributed by atoms with Gasteiger partial charge in [-0.2, -0.15) is 0 Å². The second kappa shape index (κ2) is 6.75. The molecule has 2 aliphatic rings. The van der Waals surface area contributed by atoms with Crippen LogP contribution in [0.2, 0.25) is 0 Å². The molecule has 2 rings (SSSR count). The van der Waals surface area contributed by atoms with Crippen molar-refractivity contribution in [3.63, 3.8) is 0 Å². The van der Waals surface area contributed by atoms with Gasteiger partial charge in [-0.25, -0.2) is 0 Å². The Morgan fingerprint density at radius 2 is 1.95 bits per heavy atom. The first kappa shape index (κ1) is 17.5. The number of esters is 1. The monoisotopic (exact) mass is 308 g/mol. The Labute approximate surface area is 134 Å². The van der Waals surface area contributed by atoms with E-state index in [0.717, 1.165) is 25.7 Å². The highest BCUT2D eigenvalue weighted by Crippen LogP contribution is 2.40. The van der Waals surface area contributed by atoms with Crippen molar-refractivity contribution in [2.75, 3.05) is 6.61 Å². The highest BCUT2D eigenvalue weighted by Gasteiger charge is 2.52. The van der Waals surface area contributed by atoms with Crippen LogP contribution < -0.4 is 0 Å². The number of hydrogen-bond donors (Lipinski definition) is 0. The molecule has 0 aromatic rings. The largest absolute Gasteiger partial charge is 0.490 e. The average Bonchev–Trinajstić information content (AvgIpc) is 2.66. The molecular weight excluding hydrogens is 279 g/mol. The van der Waals surface area contributed by atoms with Crippen molar-refractivity contribution in [3.8, 4) is 0 Å². The van der Waals surface area contributed by atoms with Crippen LogP contribution in [0.1, 0.15) is 66.7 Å². The van der Waals surface area contributed by atoms with Gasteiger partial charge < -0.3 is 14.0 Å². The fourth-order valence-corrected chi connectivity index (χ4v) is 2.93. The summed E-state index contributed by atoms with van der Waals surface area (Å²) in [6, 6.07) is 0. The molecule has 1 fully saturated rings. The summed E-state index contributed by atoms with van der Waals surface area (Å²) in [5.74, 6) is 0.485. The molecule has 0 bridgehead atoms. The SMILES string of the molecule is CCOC(=O)CCC1CC=C(B2OC(C)(C)C(C)(C)O2)CC1. The molecule has 0 radical (unpaired) electrons. The van der Waals surface area contributed by atoms with Crippen LogP contribution in [0.4, 0.5) is 0 Å². The molecule has 1 aliphatic heterocycles. The first-order valence-corrected chi connectivity index (χ1v) is 8.45. The minimum Gasteiger partial charge on any atom is -0.466 e. The number of carbonyl (C=O) groups excluding carboxylic acids is 1. The average molecular weight is 308 g/mol. The number of rotatable bonds is 5. The fraction of sp³-hybridized carbons (Fsp3) is 0.824. The van der Waals surface area contributed by atoms with Gasteiger partial charge in [-0.3, -0.25) is 4.79 Å². The standard InChI is InChI=1S/C17H29BO4/c1-6-20-15(19)12-9-13-7-10-14(11-8-13)18-21-16(2,3)17(4,5)22-18/h10,13H,6-9,11-12H2,1-5H3. The van der Waals surface area contributed by atoms with E-state index in [1.165, 1.54) is 5.47 Å². The van der Waals surface area contributed by atoms with Crippen molar-refractivity contribution < 1.29 is 18.8 Å². The molecule has 0 amide bonds. The maximum Gasteiger partial charge on any atom is 0.490 e. The van der Waals surface area contributed by atoms with Gasteiger partial charge in [0.15, 0.2) is 0 Å². The van der Waals surface area contributed by atoms with Gasteiger partial charge in [-0.05, 0) is 71.7 Å². The van der Waals surface area contributed by atoms with Gasteiger partial charge in [-0.1, -0.05) is 6.08 Å². The highest BCUT2D eigenvalue weighted by atomic mass is 16.7. The lowest BCUT2D eigenvalue weighted by Crippen LogP contribution is -2.41. The molecule has 0 spiro atoms. The Balaban J connectivity index is 1.84. The van der Waals surface area contributed by atoms with E-state index in [1.54, 1.807) is 0 Å². The minimum absolute atomic E-state index is 0.0803. The molecule has 1 unspecified atom stereocenters. The van der Waals surface area contributed by atoms with Crippen LogP contribution in [0.15, 0.2) is 11.5 Å². The van der Waals surface area contributed by atoms with Gasteiger partial charge in [0, 0.05) is 6.42 Å². The minimum atomic E-state index is -0.279. The van der Waals surface area contributed by atoms with Crippen LogP contribution in [-0.2, 0) is 18.8 Å². The van der Waals surface area contributed by atoms with Crippen LogP contribution in [0.5, 0.6) is 0 Å². The summed E-state index contributed by atoms with van der Waals surface area (Å²) in [6.45, 7) is 10.6. The molecule has 0 aromatic heterocycles. The van der Waals surface area contributed by atoms with Gasteiger partial charge in [-0.15, -0.1) is 0 Å². The summed E-state index contributed by atoms with van der Waals surface area (Å²) < 4.78 is 17.2. The van der Waals surface area contributed by atoms with E-state index in [0.29, 0.717) is 18.9 Å². The summed E-state index contributed by atoms with van der Waals surface area (Å²) in [7, 11) is -0.212. The van der Waals surface area contributed by atoms with E-state index in [2.05, 4.69) is 33.8 Å². The summed E-state index contributed by atoms with van der Waals surface area (Å²) in [5.41, 5.74) is 0.699. The Bertz CT molecular complexity index is 426. The van der Waals surface area contributed by atoms with Crippen molar-refractivity contribution in [2.24, 2.45) is 5.92 Å². The third-order valence-corrected chi connectivity index (χ3v) is 5.17. The lowest BCUT2D eigenvalue weighted by atomic mass is 9.70. The third kappa shape index (κ3) is 3.93. The molecule has 4 nitrogen and oxygen atoms in total. The van der Waals surface area contributed by atoms with Crippen LogP contribution in [0.3, 0.4) is 0 Å². The smallest absolute Gasteiger partial charge is 0.466 e. The Hall–Kier alpha value is -0.805. The van der Waals surface area contributed by atoms with Gasteiger partial charge in [0.05, 0.1) is 17.8 Å². The molecule has 1 atom stereocenters. The molecule has 1 aliphatic carbocycles. The van der Waals surface area contributed by atoms with Crippen molar-refractivity contribution >= 4 is 13.1 Å². The van der Waals surface area contributed by atoms with E-state index in [9.17, 15) is 4.79 Å². The van der Waals surface area contributed by atoms with Crippen LogP contribution >= 0.6 is 0 Å². The highest BCUT2D eigenvalue weighted by molar-refractivity contribution is 6.54. The lowest BCUT2D eigenvalue weighted by molar-refractivity contribution is -0.143. The van der Waals surface area contributed by atoms with Crippen molar-refractivity contribution in [1.82, 2.24) is 0 Å². The number of allylic oxidation sites excluding steroid dienone is 2. The lowest BCUT2D eigenvalue weighted by Gasteiger charge is -2.32. The molecule has 0 saturated carbocycles. The normalized spacial score (nSPS) is 26.7. The third-order valence-electron chi connectivity index (χ3n) is 5.17. The molecular formula is C17H29BO4. The summed E-state index contributed by atoms with van der Waals surface area (Å²) >= 11 is 0. The van der Waals surface area contributed by atoms with Gasteiger partial charge in [0.2, 0.25) is 0 Å². The van der Waals surface area contributed by atoms with Crippen molar-refractivity contribution in [1.29, 1.82) is 0 Å². The zero-order valence-corrected chi connectivity index (χ0v) is 14.6. The first-order valence-electron chi connectivity index (χ1n) is 8.45. The predicted octanol–water partition coefficient (Wildman–Crippen LogP) is 3.69. The van der Waals surface area contributed by atoms with E-state index >= 15 is 0 Å². The zero-order valence-electron chi connectivity index (χ0n) is 14.6. The van der Waals surface area contributed by atoms with E-state index < -0.39 is 0 Å². The van der Waals surface area contributed by atoms with Gasteiger partial charge in [0.25, 0.3) is 0 Å². The summed E-state index contributed by atoms with van der Waals surface area (Å²) in [5, 5.41) is 0. The number of ether oxygens (including phenoxy) is 1. The molecule has 124 valence electrons. The zero-order chi connectivity index (χ0) is 16.4. The number of hydrogen-bond acceptors (Lipinski definition) is 4. The first-order chi connectivity index (χ1) is 10.2. The molecule has 0 aromatic carbocycles. The molecule has 5 heteroatoms. The fourth-order valence-electron chi connectivity index (χ4n) is 2.93.